The summed E-state index contributed by atoms with van der Waals surface area (Å²) in [5.41, 5.74) is 7.68. The molecule has 1 aliphatic carbocycles. The number of benzene rings is 2. The number of nitrogens with zero attached hydrogens (tertiary/aromatic N) is 2. The molecule has 0 saturated heterocycles. The van der Waals surface area contributed by atoms with Crippen LogP contribution in [0.4, 0.5) is 5.69 Å². The molecular weight excluding hydrogens is 418 g/mol. The van der Waals surface area contributed by atoms with Gasteiger partial charge in [-0.1, -0.05) is 42.5 Å². The highest BCUT2D eigenvalue weighted by molar-refractivity contribution is 5.54. The lowest BCUT2D eigenvalue weighted by Crippen LogP contribution is -2.32. The predicted molar refractivity (Wildman–Crippen MR) is 131 cm³/mol. The molecule has 2 aromatic carbocycles. The quantitative estimate of drug-likeness (QED) is 0.385. The average Bonchev–Trinajstić information content (AvgIpc) is 2.84. The Morgan fingerprint density at radius 2 is 1.70 bits per heavy atom. The molecule has 0 amide bonds. The van der Waals surface area contributed by atoms with E-state index in [4.69, 9.17) is 15.2 Å². The molecule has 178 valence electrons. The highest BCUT2D eigenvalue weighted by Gasteiger charge is 2.25. The lowest BCUT2D eigenvalue weighted by atomic mass is 9.82. The fraction of sp³-hybridized carbons (Fsp3) is 0.462. The maximum Gasteiger partial charge on any atom is 0.277 e. The molecule has 0 radical (unpaired) electrons. The van der Waals surface area contributed by atoms with Crippen molar-refractivity contribution in [3.63, 3.8) is 0 Å². The normalized spacial score (nSPS) is 18.5. The third-order valence-corrected chi connectivity index (χ3v) is 6.47. The summed E-state index contributed by atoms with van der Waals surface area (Å²) >= 11 is 0. The fourth-order valence-corrected chi connectivity index (χ4v) is 4.57. The van der Waals surface area contributed by atoms with Crippen LogP contribution >= 0.6 is 0 Å². The van der Waals surface area contributed by atoms with Gasteiger partial charge in [-0.05, 0) is 55.7 Å². The van der Waals surface area contributed by atoms with E-state index >= 15 is 0 Å². The van der Waals surface area contributed by atoms with E-state index in [1.165, 1.54) is 13.2 Å². The topological polar surface area (TPSA) is 90.9 Å². The van der Waals surface area contributed by atoms with Crippen LogP contribution in [0, 0.1) is 22.0 Å². The first-order valence-corrected chi connectivity index (χ1v) is 11.6. The van der Waals surface area contributed by atoms with Crippen molar-refractivity contribution in [3.8, 4) is 11.5 Å². The molecule has 0 heterocycles. The second-order valence-electron chi connectivity index (χ2n) is 8.72. The van der Waals surface area contributed by atoms with Gasteiger partial charge in [0.25, 0.3) is 5.69 Å². The number of ether oxygens (including phenoxy) is 2. The largest absolute Gasteiger partial charge is 0.493 e. The third kappa shape index (κ3) is 7.04. The van der Waals surface area contributed by atoms with Crippen molar-refractivity contribution in [2.75, 3.05) is 33.9 Å². The van der Waals surface area contributed by atoms with E-state index in [0.717, 1.165) is 44.3 Å². The number of nitrogens with two attached hydrogens (primary N) is 1. The second-order valence-corrected chi connectivity index (χ2v) is 8.72. The number of hydrogen-bond acceptors (Lipinski definition) is 6. The molecule has 0 atom stereocenters. The Kier molecular flexibility index (Phi) is 9.27. The van der Waals surface area contributed by atoms with Gasteiger partial charge in [-0.3, -0.25) is 15.0 Å². The summed E-state index contributed by atoms with van der Waals surface area (Å²) in [5.74, 6) is 2.06. The molecule has 7 heteroatoms. The monoisotopic (exact) mass is 453 g/mol. The smallest absolute Gasteiger partial charge is 0.277 e. The van der Waals surface area contributed by atoms with Crippen molar-refractivity contribution >= 4 is 11.8 Å². The Morgan fingerprint density at radius 1 is 1.06 bits per heavy atom. The van der Waals surface area contributed by atoms with Crippen LogP contribution in [0.2, 0.25) is 0 Å². The molecule has 0 bridgehead atoms. The maximum absolute atomic E-state index is 11.8. The van der Waals surface area contributed by atoms with Gasteiger partial charge in [-0.15, -0.1) is 0 Å². The van der Waals surface area contributed by atoms with Gasteiger partial charge < -0.3 is 15.2 Å². The van der Waals surface area contributed by atoms with Crippen molar-refractivity contribution in [1.29, 1.82) is 0 Å². The number of nitro groups is 1. The van der Waals surface area contributed by atoms with Crippen LogP contribution in [-0.4, -0.2) is 43.7 Å². The highest BCUT2D eigenvalue weighted by atomic mass is 16.6. The van der Waals surface area contributed by atoms with Gasteiger partial charge in [0.1, 0.15) is 0 Å². The number of methoxy groups -OCH3 is 2. The third-order valence-electron chi connectivity index (χ3n) is 6.47. The summed E-state index contributed by atoms with van der Waals surface area (Å²) in [4.78, 5) is 13.7. The van der Waals surface area contributed by atoms with Gasteiger partial charge in [-0.25, -0.2) is 0 Å². The van der Waals surface area contributed by atoms with Gasteiger partial charge in [0.05, 0.1) is 25.2 Å². The van der Waals surface area contributed by atoms with Crippen LogP contribution in [0.3, 0.4) is 0 Å². The van der Waals surface area contributed by atoms with Crippen molar-refractivity contribution in [3.05, 3.63) is 69.8 Å². The van der Waals surface area contributed by atoms with E-state index in [1.807, 2.05) is 18.2 Å². The van der Waals surface area contributed by atoms with Crippen LogP contribution in [0.15, 0.2) is 48.5 Å². The van der Waals surface area contributed by atoms with E-state index in [-0.39, 0.29) is 10.6 Å². The first-order chi connectivity index (χ1) is 16.0. The molecule has 7 nitrogen and oxygen atoms in total. The highest BCUT2D eigenvalue weighted by Crippen LogP contribution is 2.36. The Labute approximate surface area is 196 Å². The van der Waals surface area contributed by atoms with E-state index < -0.39 is 0 Å². The van der Waals surface area contributed by atoms with Crippen LogP contribution in [-0.2, 0) is 6.54 Å². The zero-order valence-electron chi connectivity index (χ0n) is 19.6. The van der Waals surface area contributed by atoms with Crippen LogP contribution < -0.4 is 15.2 Å². The molecule has 3 rings (SSSR count). The lowest BCUT2D eigenvalue weighted by molar-refractivity contribution is -0.385. The minimum absolute atomic E-state index is 0.0523. The maximum atomic E-state index is 11.8. The van der Waals surface area contributed by atoms with Gasteiger partial charge >= 0.3 is 0 Å². The van der Waals surface area contributed by atoms with E-state index in [2.05, 4.69) is 29.2 Å². The summed E-state index contributed by atoms with van der Waals surface area (Å²) in [6, 6.07) is 13.3. The van der Waals surface area contributed by atoms with Crippen molar-refractivity contribution in [1.82, 2.24) is 4.90 Å². The SMILES string of the molecule is COc1cc(CN(CC=Cc2ccccc2)CC2CCC(CN)CC2)c([N+](=O)[O-])cc1OC. The van der Waals surface area contributed by atoms with Gasteiger partial charge in [-0.2, -0.15) is 0 Å². The molecule has 33 heavy (non-hydrogen) atoms. The zero-order valence-corrected chi connectivity index (χ0v) is 19.6. The zero-order chi connectivity index (χ0) is 23.6. The van der Waals surface area contributed by atoms with Crippen molar-refractivity contribution in [2.45, 2.75) is 32.2 Å². The van der Waals surface area contributed by atoms with Gasteiger partial charge in [0, 0.05) is 25.2 Å². The van der Waals surface area contributed by atoms with Crippen molar-refractivity contribution in [2.24, 2.45) is 17.6 Å². The molecule has 0 spiro atoms. The molecule has 0 unspecified atom stereocenters. The molecule has 2 aromatic rings. The summed E-state index contributed by atoms with van der Waals surface area (Å²) in [6.07, 6.45) is 8.84. The Bertz CT molecular complexity index is 925. The fourth-order valence-electron chi connectivity index (χ4n) is 4.57. The van der Waals surface area contributed by atoms with Crippen molar-refractivity contribution < 1.29 is 14.4 Å². The summed E-state index contributed by atoms with van der Waals surface area (Å²) in [5, 5.41) is 11.8. The second kappa shape index (κ2) is 12.4. The van der Waals surface area contributed by atoms with E-state index in [1.54, 1.807) is 13.2 Å². The predicted octanol–water partition coefficient (Wildman–Crippen LogP) is 4.89. The molecule has 0 aliphatic heterocycles. The Hall–Kier alpha value is -2.90. The molecule has 2 N–H and O–H groups in total. The average molecular weight is 454 g/mol. The van der Waals surface area contributed by atoms with E-state index in [9.17, 15) is 10.1 Å². The minimum atomic E-state index is -0.346. The van der Waals surface area contributed by atoms with Crippen LogP contribution in [0.25, 0.3) is 6.08 Å². The minimum Gasteiger partial charge on any atom is -0.493 e. The summed E-state index contributed by atoms with van der Waals surface area (Å²) in [6.45, 7) is 2.82. The molecule has 1 fully saturated rings. The molecule has 0 aromatic heterocycles. The number of rotatable bonds is 11. The summed E-state index contributed by atoms with van der Waals surface area (Å²) in [7, 11) is 3.03. The standard InChI is InChI=1S/C26H35N3O4/c1-32-25-15-23(24(29(30)31)16-26(25)33-2)19-28(14-6-9-20-7-4-3-5-8-20)18-22-12-10-21(17-27)11-13-22/h3-9,15-16,21-22H,10-14,17-19,27H2,1-2H3. The van der Waals surface area contributed by atoms with Gasteiger partial charge in [0.2, 0.25) is 0 Å². The first-order valence-electron chi connectivity index (χ1n) is 11.6. The summed E-state index contributed by atoms with van der Waals surface area (Å²) < 4.78 is 10.7. The molecule has 1 saturated carbocycles. The van der Waals surface area contributed by atoms with E-state index in [0.29, 0.717) is 42.0 Å². The molecular formula is C26H35N3O4. The first kappa shape index (κ1) is 24.7. The number of nitro benzene ring substituents is 1. The Morgan fingerprint density at radius 3 is 2.30 bits per heavy atom. The molecule has 1 aliphatic rings. The van der Waals surface area contributed by atoms with Crippen LogP contribution in [0.5, 0.6) is 11.5 Å². The lowest BCUT2D eigenvalue weighted by Gasteiger charge is -2.32. The number of hydrogen-bond donors (Lipinski definition) is 1. The Balaban J connectivity index is 1.80. The van der Waals surface area contributed by atoms with Gasteiger partial charge in [0.15, 0.2) is 11.5 Å². The van der Waals surface area contributed by atoms with Crippen LogP contribution in [0.1, 0.15) is 36.8 Å².